The summed E-state index contributed by atoms with van der Waals surface area (Å²) in [5.41, 5.74) is -0.346. The molecule has 36 heavy (non-hydrogen) atoms. The molecule has 0 saturated carbocycles. The van der Waals surface area contributed by atoms with Crippen molar-refractivity contribution in [3.05, 3.63) is 47.0 Å². The minimum Gasteiger partial charge on any atom is -0.458 e. The van der Waals surface area contributed by atoms with Crippen LogP contribution in [-0.4, -0.2) is 68.3 Å². The number of fused-ring (bicyclic) bond motifs is 3. The highest BCUT2D eigenvalue weighted by molar-refractivity contribution is 8.01. The minimum absolute atomic E-state index is 0.107. The van der Waals surface area contributed by atoms with Gasteiger partial charge in [-0.1, -0.05) is 44.2 Å². The number of ketones is 1. The average molecular weight is 519 g/mol. The standard InChI is InChI=1S/C28H38O7S/c1-16-13-20(29)27(5)21(15-34-16)36-28(33)14-19(17(2)23(26(28,3)4)24(31)25(27)32)35-22(30)12-11-18-9-7-6-8-10-18/h6-10,16,19-21,24,29,31,33H,11-15H2,1-5H3/t16?,19-,20-,21?,24+,27?,28+/m0/s1. The highest BCUT2D eigenvalue weighted by Crippen LogP contribution is 2.60. The average Bonchev–Trinajstić information content (AvgIpc) is 2.92. The third kappa shape index (κ3) is 4.56. The molecule has 3 aliphatic rings. The van der Waals surface area contributed by atoms with Crippen molar-refractivity contribution in [2.45, 2.75) is 94.9 Å². The summed E-state index contributed by atoms with van der Waals surface area (Å²) in [6, 6.07) is 9.65. The second-order valence-electron chi connectivity index (χ2n) is 11.2. The quantitative estimate of drug-likeness (QED) is 0.412. The monoisotopic (exact) mass is 518 g/mol. The molecular formula is C28H38O7S. The molecule has 3 unspecified atom stereocenters. The van der Waals surface area contributed by atoms with E-state index in [0.29, 0.717) is 17.6 Å². The van der Waals surface area contributed by atoms with Gasteiger partial charge < -0.3 is 24.8 Å². The van der Waals surface area contributed by atoms with Gasteiger partial charge in [0.05, 0.1) is 24.2 Å². The van der Waals surface area contributed by atoms with Crippen molar-refractivity contribution < 1.29 is 34.4 Å². The third-order valence-corrected chi connectivity index (χ3v) is 10.6. The highest BCUT2D eigenvalue weighted by Gasteiger charge is 2.63. The van der Waals surface area contributed by atoms with Gasteiger partial charge in [-0.05, 0) is 43.9 Å². The number of aryl methyl sites for hydroxylation is 1. The van der Waals surface area contributed by atoms with E-state index in [4.69, 9.17) is 9.47 Å². The summed E-state index contributed by atoms with van der Waals surface area (Å²) in [6.07, 6.45) is -2.56. The van der Waals surface area contributed by atoms with Crippen molar-refractivity contribution in [1.29, 1.82) is 0 Å². The predicted octanol–water partition coefficient (Wildman–Crippen LogP) is 3.19. The molecule has 1 aliphatic carbocycles. The van der Waals surface area contributed by atoms with E-state index >= 15 is 0 Å². The van der Waals surface area contributed by atoms with Crippen LogP contribution in [0.3, 0.4) is 0 Å². The van der Waals surface area contributed by atoms with E-state index in [1.54, 1.807) is 13.8 Å². The molecule has 2 saturated heterocycles. The normalized spacial score (nSPS) is 38.4. The number of carbonyl (C=O) groups is 2. The van der Waals surface area contributed by atoms with E-state index in [1.165, 1.54) is 11.8 Å². The summed E-state index contributed by atoms with van der Waals surface area (Å²) < 4.78 is 11.8. The Morgan fingerprint density at radius 3 is 2.53 bits per heavy atom. The molecule has 7 atom stereocenters. The molecule has 198 valence electrons. The number of ether oxygens (including phenoxy) is 2. The molecule has 0 radical (unpaired) electrons. The summed E-state index contributed by atoms with van der Waals surface area (Å²) in [5, 5.41) is 34.1. The summed E-state index contributed by atoms with van der Waals surface area (Å²) >= 11 is 1.19. The molecule has 3 N–H and O–H groups in total. The molecular weight excluding hydrogens is 480 g/mol. The van der Waals surface area contributed by atoms with Crippen LogP contribution in [0.25, 0.3) is 0 Å². The molecule has 7 nitrogen and oxygen atoms in total. The number of Topliss-reactive ketones (excluding diaryl/α,β-unsaturated/α-hetero) is 1. The SMILES string of the molecule is CC1=C2[C@@H](O)C(=O)C3(C)C(COC(C)C[C@@H]3O)S[C@](O)(C[C@@H]1OC(=O)CCc1ccccc1)C2(C)C. The summed E-state index contributed by atoms with van der Waals surface area (Å²) in [7, 11) is 0. The van der Waals surface area contributed by atoms with Crippen LogP contribution in [-0.2, 0) is 25.5 Å². The number of aliphatic hydroxyl groups excluding tert-OH is 2. The molecule has 0 amide bonds. The molecule has 0 aromatic heterocycles. The maximum atomic E-state index is 13.8. The number of rotatable bonds is 4. The number of esters is 1. The fourth-order valence-corrected chi connectivity index (χ4v) is 7.72. The Morgan fingerprint density at radius 1 is 1.19 bits per heavy atom. The number of benzene rings is 1. The number of aliphatic hydroxyl groups is 3. The van der Waals surface area contributed by atoms with E-state index < -0.39 is 51.1 Å². The molecule has 1 aromatic rings. The van der Waals surface area contributed by atoms with E-state index in [2.05, 4.69) is 0 Å². The van der Waals surface area contributed by atoms with Crippen LogP contribution in [0.2, 0.25) is 0 Å². The lowest BCUT2D eigenvalue weighted by atomic mass is 9.63. The highest BCUT2D eigenvalue weighted by atomic mass is 32.2. The Labute approximate surface area is 217 Å². The van der Waals surface area contributed by atoms with Crippen molar-refractivity contribution in [1.82, 2.24) is 0 Å². The van der Waals surface area contributed by atoms with Crippen molar-refractivity contribution in [2.75, 3.05) is 6.61 Å². The summed E-state index contributed by atoms with van der Waals surface area (Å²) in [4.78, 5) is 25.2. The Hall–Kier alpha value is -1.71. The summed E-state index contributed by atoms with van der Waals surface area (Å²) in [5.74, 6) is -0.898. The fraction of sp³-hybridized carbons (Fsp3) is 0.643. The molecule has 2 bridgehead atoms. The lowest BCUT2D eigenvalue weighted by Crippen LogP contribution is -2.62. The Morgan fingerprint density at radius 2 is 1.86 bits per heavy atom. The van der Waals surface area contributed by atoms with Gasteiger partial charge in [-0.25, -0.2) is 0 Å². The smallest absolute Gasteiger partial charge is 0.306 e. The van der Waals surface area contributed by atoms with Gasteiger partial charge in [-0.15, -0.1) is 11.8 Å². The summed E-state index contributed by atoms with van der Waals surface area (Å²) in [6.45, 7) is 9.02. The van der Waals surface area contributed by atoms with Gasteiger partial charge in [0.25, 0.3) is 0 Å². The number of carbonyl (C=O) groups excluding carboxylic acids is 2. The second kappa shape index (κ2) is 9.87. The van der Waals surface area contributed by atoms with Crippen molar-refractivity contribution in [2.24, 2.45) is 10.8 Å². The second-order valence-corrected chi connectivity index (χ2v) is 12.7. The zero-order valence-corrected chi connectivity index (χ0v) is 22.5. The van der Waals surface area contributed by atoms with Crippen LogP contribution in [0.5, 0.6) is 0 Å². The Balaban J connectivity index is 1.68. The first-order chi connectivity index (χ1) is 16.8. The molecule has 2 heterocycles. The predicted molar refractivity (Wildman–Crippen MR) is 137 cm³/mol. The van der Waals surface area contributed by atoms with Crippen molar-refractivity contribution in [3.63, 3.8) is 0 Å². The molecule has 4 rings (SSSR count). The molecule has 2 fully saturated rings. The maximum absolute atomic E-state index is 13.8. The number of hydrogen-bond acceptors (Lipinski definition) is 8. The minimum atomic E-state index is -1.55. The van der Waals surface area contributed by atoms with Crippen LogP contribution in [0.4, 0.5) is 0 Å². The van der Waals surface area contributed by atoms with Crippen LogP contribution < -0.4 is 0 Å². The first-order valence-corrected chi connectivity index (χ1v) is 13.6. The first-order valence-electron chi connectivity index (χ1n) is 12.7. The molecule has 0 spiro atoms. The van der Waals surface area contributed by atoms with Crippen LogP contribution in [0.15, 0.2) is 41.5 Å². The Bertz CT molecular complexity index is 1040. The van der Waals surface area contributed by atoms with Gasteiger partial charge in [0.15, 0.2) is 5.78 Å². The zero-order valence-electron chi connectivity index (χ0n) is 21.7. The molecule has 8 heteroatoms. The van der Waals surface area contributed by atoms with Crippen LogP contribution >= 0.6 is 11.8 Å². The van der Waals surface area contributed by atoms with E-state index in [9.17, 15) is 24.9 Å². The van der Waals surface area contributed by atoms with Gasteiger partial charge in [0, 0.05) is 29.9 Å². The lowest BCUT2D eigenvalue weighted by Gasteiger charge is -2.56. The topological polar surface area (TPSA) is 113 Å². The molecule has 1 aromatic carbocycles. The van der Waals surface area contributed by atoms with Gasteiger partial charge in [0.2, 0.25) is 0 Å². The van der Waals surface area contributed by atoms with Crippen molar-refractivity contribution in [3.8, 4) is 0 Å². The van der Waals surface area contributed by atoms with Gasteiger partial charge in [0.1, 0.15) is 17.1 Å². The van der Waals surface area contributed by atoms with Gasteiger partial charge >= 0.3 is 5.97 Å². The molecule has 2 aliphatic heterocycles. The van der Waals surface area contributed by atoms with Gasteiger partial charge in [-0.2, -0.15) is 0 Å². The van der Waals surface area contributed by atoms with Crippen LogP contribution in [0, 0.1) is 10.8 Å². The van der Waals surface area contributed by atoms with Gasteiger partial charge in [-0.3, -0.25) is 9.59 Å². The van der Waals surface area contributed by atoms with E-state index in [-0.39, 0.29) is 32.0 Å². The third-order valence-electron chi connectivity index (χ3n) is 8.59. The van der Waals surface area contributed by atoms with E-state index in [1.807, 2.05) is 51.1 Å². The lowest BCUT2D eigenvalue weighted by molar-refractivity contribution is -0.152. The largest absolute Gasteiger partial charge is 0.458 e. The van der Waals surface area contributed by atoms with E-state index in [0.717, 1.165) is 5.56 Å². The first kappa shape index (κ1) is 27.3. The zero-order chi connectivity index (χ0) is 26.5. The number of thioether (sulfide) groups is 1. The Kier molecular flexibility index (Phi) is 7.50. The van der Waals surface area contributed by atoms with Crippen LogP contribution in [0.1, 0.15) is 59.4 Å². The maximum Gasteiger partial charge on any atom is 0.306 e. The fourth-order valence-electron chi connectivity index (χ4n) is 5.93. The number of hydrogen-bond donors (Lipinski definition) is 3. The van der Waals surface area contributed by atoms with Crippen molar-refractivity contribution >= 4 is 23.5 Å².